The van der Waals surface area contributed by atoms with E-state index in [0.717, 1.165) is 18.5 Å². The molecule has 286 valence electrons. The number of rotatable bonds is 37. The SMILES string of the molecule is CCCCCCCCCCCCCCCCCC[Si](OC)(OC)OC.CCCCCCCCCCCC[Si](OCC)(OCC)OCC. The predicted octanol–water partition coefficient (Wildman–Crippen LogP) is 13.1. The van der Waals surface area contributed by atoms with Crippen LogP contribution in [0.5, 0.6) is 0 Å². The summed E-state index contributed by atoms with van der Waals surface area (Å²) in [6.07, 6.45) is 35.9. The third-order valence-corrected chi connectivity index (χ3v) is 15.2. The van der Waals surface area contributed by atoms with E-state index in [4.69, 9.17) is 26.6 Å². The first-order valence-electron chi connectivity index (χ1n) is 20.6. The third kappa shape index (κ3) is 31.9. The molecule has 0 N–H and O–H groups in total. The van der Waals surface area contributed by atoms with Crippen molar-refractivity contribution in [2.45, 2.75) is 214 Å². The molecule has 0 aliphatic carbocycles. The Bertz CT molecular complexity index is 554. The fraction of sp³-hybridized carbons (Fsp3) is 1.00. The Morgan fingerprint density at radius 1 is 0.277 bits per heavy atom. The number of unbranched alkanes of at least 4 members (excludes halogenated alkanes) is 24. The highest BCUT2D eigenvalue weighted by Crippen LogP contribution is 2.21. The van der Waals surface area contributed by atoms with Crippen LogP contribution < -0.4 is 0 Å². The van der Waals surface area contributed by atoms with Crippen molar-refractivity contribution in [3.05, 3.63) is 0 Å². The molecule has 0 aromatic rings. The van der Waals surface area contributed by atoms with E-state index in [9.17, 15) is 0 Å². The fourth-order valence-electron chi connectivity index (χ4n) is 6.28. The van der Waals surface area contributed by atoms with Crippen molar-refractivity contribution in [1.82, 2.24) is 0 Å². The van der Waals surface area contributed by atoms with Gasteiger partial charge in [-0.25, -0.2) is 0 Å². The normalized spacial score (nSPS) is 12.0. The zero-order chi connectivity index (χ0) is 35.2. The Balaban J connectivity index is 0. The highest BCUT2D eigenvalue weighted by atomic mass is 28.4. The van der Waals surface area contributed by atoms with Gasteiger partial charge in [0.1, 0.15) is 0 Å². The van der Waals surface area contributed by atoms with Gasteiger partial charge in [0.25, 0.3) is 0 Å². The molecule has 0 saturated heterocycles. The maximum absolute atomic E-state index is 5.89. The minimum Gasteiger partial charge on any atom is -0.377 e. The van der Waals surface area contributed by atoms with Gasteiger partial charge in [-0.05, 0) is 33.6 Å². The van der Waals surface area contributed by atoms with E-state index >= 15 is 0 Å². The number of hydrogen-bond donors (Lipinski definition) is 0. The van der Waals surface area contributed by atoms with Gasteiger partial charge in [-0.2, -0.15) is 0 Å². The van der Waals surface area contributed by atoms with E-state index in [-0.39, 0.29) is 0 Å². The summed E-state index contributed by atoms with van der Waals surface area (Å²) in [6, 6.07) is 1.91. The second-order valence-corrected chi connectivity index (χ2v) is 19.1. The lowest BCUT2D eigenvalue weighted by Crippen LogP contribution is -2.45. The summed E-state index contributed by atoms with van der Waals surface area (Å²) in [5.41, 5.74) is 0. The van der Waals surface area contributed by atoms with Crippen molar-refractivity contribution in [2.75, 3.05) is 41.2 Å². The quantitative estimate of drug-likeness (QED) is 0.0473. The Labute approximate surface area is 298 Å². The predicted molar refractivity (Wildman–Crippen MR) is 208 cm³/mol. The highest BCUT2D eigenvalue weighted by Gasteiger charge is 2.39. The van der Waals surface area contributed by atoms with Gasteiger partial charge < -0.3 is 26.6 Å². The van der Waals surface area contributed by atoms with Crippen LogP contribution in [0.25, 0.3) is 0 Å². The largest absolute Gasteiger partial charge is 0.500 e. The van der Waals surface area contributed by atoms with Crippen LogP contribution in [-0.4, -0.2) is 58.8 Å². The van der Waals surface area contributed by atoms with Gasteiger partial charge in [0, 0.05) is 53.2 Å². The zero-order valence-electron chi connectivity index (χ0n) is 33.4. The third-order valence-electron chi connectivity index (χ3n) is 9.20. The molecule has 0 amide bonds. The lowest BCUT2D eigenvalue weighted by molar-refractivity contribution is 0.0706. The molecule has 0 aliphatic rings. The monoisotopic (exact) mass is 707 g/mol. The van der Waals surface area contributed by atoms with E-state index in [2.05, 4.69) is 13.8 Å². The van der Waals surface area contributed by atoms with Gasteiger partial charge in [-0.3, -0.25) is 0 Å². The first-order valence-corrected chi connectivity index (χ1v) is 24.4. The van der Waals surface area contributed by atoms with Crippen LogP contribution in [0.3, 0.4) is 0 Å². The van der Waals surface area contributed by atoms with Crippen molar-refractivity contribution in [3.8, 4) is 0 Å². The lowest BCUT2D eigenvalue weighted by atomic mass is 10.0. The molecule has 0 bridgehead atoms. The van der Waals surface area contributed by atoms with Crippen LogP contribution in [-0.2, 0) is 26.6 Å². The molecular weight excluding hydrogens is 621 g/mol. The summed E-state index contributed by atoms with van der Waals surface area (Å²) in [5.74, 6) is 0. The second-order valence-electron chi connectivity index (χ2n) is 13.3. The summed E-state index contributed by atoms with van der Waals surface area (Å²) >= 11 is 0. The van der Waals surface area contributed by atoms with Gasteiger partial charge in [0.2, 0.25) is 0 Å². The Morgan fingerprint density at radius 3 is 0.702 bits per heavy atom. The average Bonchev–Trinajstić information content (AvgIpc) is 3.08. The maximum Gasteiger partial charge on any atom is 0.500 e. The van der Waals surface area contributed by atoms with Crippen LogP contribution >= 0.6 is 0 Å². The molecule has 8 heteroatoms. The van der Waals surface area contributed by atoms with Crippen LogP contribution in [0.15, 0.2) is 0 Å². The van der Waals surface area contributed by atoms with E-state index in [1.54, 1.807) is 21.3 Å². The minimum absolute atomic E-state index is 0.685. The van der Waals surface area contributed by atoms with Crippen molar-refractivity contribution >= 4 is 17.6 Å². The lowest BCUT2D eigenvalue weighted by Gasteiger charge is -2.28. The van der Waals surface area contributed by atoms with E-state index in [1.165, 1.54) is 161 Å². The molecule has 0 fully saturated rings. The molecule has 0 aromatic heterocycles. The Hall–Kier alpha value is 0.194. The van der Waals surface area contributed by atoms with Crippen molar-refractivity contribution in [3.63, 3.8) is 0 Å². The summed E-state index contributed by atoms with van der Waals surface area (Å²) in [5, 5.41) is 0. The molecule has 0 rings (SSSR count). The molecule has 0 saturated carbocycles. The molecule has 0 spiro atoms. The summed E-state index contributed by atoms with van der Waals surface area (Å²) in [6.45, 7) is 12.7. The fourth-order valence-corrected chi connectivity index (χ4v) is 10.8. The second kappa shape index (κ2) is 39.0. The maximum atomic E-state index is 5.89. The van der Waals surface area contributed by atoms with Gasteiger partial charge in [0.15, 0.2) is 0 Å². The molecule has 0 aliphatic heterocycles. The van der Waals surface area contributed by atoms with Crippen molar-refractivity contribution < 1.29 is 26.6 Å². The summed E-state index contributed by atoms with van der Waals surface area (Å²) in [7, 11) is 0.390. The Morgan fingerprint density at radius 2 is 0.489 bits per heavy atom. The molecular formula is C39H86O6Si2. The molecule has 0 radical (unpaired) electrons. The Kier molecular flexibility index (Phi) is 40.9. The summed E-state index contributed by atoms with van der Waals surface area (Å²) in [4.78, 5) is 0. The van der Waals surface area contributed by atoms with Crippen LogP contribution in [0.4, 0.5) is 0 Å². The van der Waals surface area contributed by atoms with Gasteiger partial charge in [-0.15, -0.1) is 0 Å². The van der Waals surface area contributed by atoms with Gasteiger partial charge in [0.05, 0.1) is 0 Å². The zero-order valence-corrected chi connectivity index (χ0v) is 35.4. The van der Waals surface area contributed by atoms with Crippen LogP contribution in [0.2, 0.25) is 12.1 Å². The average molecular weight is 707 g/mol. The van der Waals surface area contributed by atoms with E-state index in [0.29, 0.717) is 19.8 Å². The van der Waals surface area contributed by atoms with Crippen molar-refractivity contribution in [2.24, 2.45) is 0 Å². The van der Waals surface area contributed by atoms with Gasteiger partial charge >= 0.3 is 17.6 Å². The molecule has 6 nitrogen and oxygen atoms in total. The standard InChI is InChI=1S/C21H46O3Si.C18H40O3Si/c1-5-6-7-8-9-10-11-12-13-14-15-16-17-18-19-20-21-25(22-2,23-3)24-4;1-5-9-10-11-12-13-14-15-16-17-18-22(19-6-2,20-7-3)21-8-4/h5-21H2,1-4H3;5-18H2,1-4H3. The van der Waals surface area contributed by atoms with Gasteiger partial charge in [-0.1, -0.05) is 168 Å². The topological polar surface area (TPSA) is 55.4 Å². The number of hydrogen-bond acceptors (Lipinski definition) is 6. The van der Waals surface area contributed by atoms with E-state index in [1.807, 2.05) is 20.8 Å². The van der Waals surface area contributed by atoms with Crippen LogP contribution in [0.1, 0.15) is 202 Å². The van der Waals surface area contributed by atoms with Crippen LogP contribution in [0, 0.1) is 0 Å². The smallest absolute Gasteiger partial charge is 0.377 e. The molecule has 0 aromatic carbocycles. The van der Waals surface area contributed by atoms with E-state index < -0.39 is 17.6 Å². The molecule has 0 heterocycles. The molecule has 47 heavy (non-hydrogen) atoms. The summed E-state index contributed by atoms with van der Waals surface area (Å²) < 4.78 is 34.0. The molecule has 0 unspecified atom stereocenters. The van der Waals surface area contributed by atoms with Crippen molar-refractivity contribution in [1.29, 1.82) is 0 Å². The molecule has 0 atom stereocenters. The first kappa shape index (κ1) is 49.3. The first-order chi connectivity index (χ1) is 23.0. The highest BCUT2D eigenvalue weighted by molar-refractivity contribution is 6.61. The minimum atomic E-state index is -2.39.